The molecule has 1 heteroatoms. The topological polar surface area (TPSA) is 3.24 Å². The van der Waals surface area contributed by atoms with E-state index >= 15 is 0 Å². The van der Waals surface area contributed by atoms with Gasteiger partial charge in [-0.3, -0.25) is 4.90 Å². The largest absolute Gasteiger partial charge is 0.292 e. The third-order valence-corrected chi connectivity index (χ3v) is 1.16. The van der Waals surface area contributed by atoms with E-state index in [-0.39, 0.29) is 0 Å². The van der Waals surface area contributed by atoms with Gasteiger partial charge in [-0.15, -0.1) is 19.7 Å². The van der Waals surface area contributed by atoms with E-state index in [0.29, 0.717) is 0 Å². The first-order valence-electron chi connectivity index (χ1n) is 3.40. The van der Waals surface area contributed by atoms with Crippen molar-refractivity contribution in [1.82, 2.24) is 4.90 Å². The Morgan fingerprint density at radius 2 is 1.10 bits per heavy atom. The van der Waals surface area contributed by atoms with Gasteiger partial charge in [-0.2, -0.15) is 0 Å². The molecule has 0 rings (SSSR count). The van der Waals surface area contributed by atoms with Gasteiger partial charge in [0.25, 0.3) is 0 Å². The first kappa shape index (κ1) is 9.18. The van der Waals surface area contributed by atoms with Gasteiger partial charge in [0.05, 0.1) is 0 Å². The molecule has 0 aromatic carbocycles. The molecule has 0 aliphatic heterocycles. The van der Waals surface area contributed by atoms with E-state index in [1.54, 1.807) is 0 Å². The van der Waals surface area contributed by atoms with Gasteiger partial charge in [0, 0.05) is 19.6 Å². The molecule has 0 aliphatic carbocycles. The lowest BCUT2D eigenvalue weighted by Crippen LogP contribution is -2.23. The quantitative estimate of drug-likeness (QED) is 0.513. The summed E-state index contributed by atoms with van der Waals surface area (Å²) in [4.78, 5) is 2.19. The average molecular weight is 143 g/mol. The average Bonchev–Trinajstić information content (AvgIpc) is 1.90. The normalized spacial score (nSPS) is 9.30. The van der Waals surface area contributed by atoms with Crippen LogP contribution < -0.4 is 0 Å². The first-order chi connectivity index (χ1) is 4.85. The van der Waals surface area contributed by atoms with Crippen LogP contribution in [0.2, 0.25) is 0 Å². The Kier molecular flexibility index (Phi) is 5.79. The molecule has 0 spiro atoms. The molecule has 0 atom stereocenters. The lowest BCUT2D eigenvalue weighted by atomic mass is 11.0. The molecule has 0 unspecified atom stereocenters. The highest BCUT2D eigenvalue weighted by Gasteiger charge is 1.94. The molecule has 1 nitrogen and oxygen atoms in total. The number of hydrogen-bond donors (Lipinski definition) is 0. The lowest BCUT2D eigenvalue weighted by molar-refractivity contribution is 0.373. The van der Waals surface area contributed by atoms with Crippen LogP contribution in [0.4, 0.5) is 0 Å². The van der Waals surface area contributed by atoms with E-state index < -0.39 is 0 Å². The van der Waals surface area contributed by atoms with Crippen LogP contribution >= 0.6 is 0 Å². The summed E-state index contributed by atoms with van der Waals surface area (Å²) in [7, 11) is 0. The van der Waals surface area contributed by atoms with Crippen LogP contribution in [-0.2, 0) is 0 Å². The third kappa shape index (κ3) is 4.10. The molecule has 0 aliphatic rings. The summed E-state index contributed by atoms with van der Waals surface area (Å²) in [6.45, 7) is 13.7. The van der Waals surface area contributed by atoms with Crippen LogP contribution in [0.5, 0.6) is 0 Å². The van der Waals surface area contributed by atoms with Gasteiger partial charge in [-0.25, -0.2) is 0 Å². The van der Waals surface area contributed by atoms with E-state index in [1.807, 2.05) is 18.2 Å². The molecular weight excluding hydrogens is 128 g/mol. The second-order valence-electron chi connectivity index (χ2n) is 2.08. The highest BCUT2D eigenvalue weighted by atomic mass is 15.9. The maximum Gasteiger partial charge on any atom is 0.0167 e. The van der Waals surface area contributed by atoms with Gasteiger partial charge < -0.3 is 0 Å². The summed E-state index contributed by atoms with van der Waals surface area (Å²) in [5.41, 5.74) is 0. The Balaban J connectivity index is 3.58. The predicted octanol–water partition coefficient (Wildman–Crippen LogP) is 1.85. The summed E-state index contributed by atoms with van der Waals surface area (Å²) in [6, 6.07) is 0. The first-order valence-corrected chi connectivity index (χ1v) is 3.40. The Labute approximate surface area is 63.3 Å². The van der Waals surface area contributed by atoms with Crippen molar-refractivity contribution in [2.75, 3.05) is 19.6 Å². The molecule has 10 heavy (non-hydrogen) atoms. The Hall–Kier alpha value is -0.820. The maximum atomic E-state index is 3.65. The summed E-state index contributed by atoms with van der Waals surface area (Å²) in [5, 5.41) is 0. The van der Waals surface area contributed by atoms with Crippen LogP contribution in [0.1, 0.15) is 0 Å². The van der Waals surface area contributed by atoms with Crippen LogP contribution in [0.25, 0.3) is 0 Å². The van der Waals surface area contributed by atoms with Crippen molar-refractivity contribution in [1.29, 1.82) is 0 Å². The van der Waals surface area contributed by atoms with Gasteiger partial charge in [0.2, 0.25) is 0 Å². The minimum atomic E-state index is 0.901. The minimum absolute atomic E-state index is 0.901. The second-order valence-corrected chi connectivity index (χ2v) is 2.08. The maximum absolute atomic E-state index is 3.65. The second kappa shape index (κ2) is 6.30. The zero-order valence-corrected chi connectivity index (χ0v) is 6.42. The number of rotatable bonds is 6. The standard InChI is InChI=1S/C9H15N/c1-4-7-10(8-5-2)9-6-3/h4-6H,1-3,7-9H2/i7+2,8+2,9+2. The van der Waals surface area contributed by atoms with Gasteiger partial charge in [-0.05, 0) is 0 Å². The minimum Gasteiger partial charge on any atom is -0.292 e. The van der Waals surface area contributed by atoms with Gasteiger partial charge in [0.1, 0.15) is 0 Å². The molecule has 56 valence electrons. The number of hydrogen-bond acceptors (Lipinski definition) is 1. The molecule has 0 aromatic rings. The van der Waals surface area contributed by atoms with Crippen LogP contribution in [-0.4, -0.2) is 24.5 Å². The summed E-state index contributed by atoms with van der Waals surface area (Å²) >= 11 is 0. The van der Waals surface area contributed by atoms with Gasteiger partial charge in [0.15, 0.2) is 0 Å². The third-order valence-electron chi connectivity index (χ3n) is 1.16. The summed E-state index contributed by atoms with van der Waals surface area (Å²) in [5.74, 6) is 0. The molecule has 0 aromatic heterocycles. The molecular formula is C9H15N. The van der Waals surface area contributed by atoms with Crippen molar-refractivity contribution in [3.63, 3.8) is 0 Å². The van der Waals surface area contributed by atoms with Crippen molar-refractivity contribution >= 4 is 0 Å². The SMILES string of the molecule is C=C[14CH2]N([14CH2]C=C)[14CH2]C=C. The Morgan fingerprint density at radius 3 is 1.30 bits per heavy atom. The fraction of sp³-hybridized carbons (Fsp3) is 0.333. The molecule has 0 amide bonds. The van der Waals surface area contributed by atoms with E-state index in [9.17, 15) is 0 Å². The zero-order chi connectivity index (χ0) is 7.82. The fourth-order valence-electron chi connectivity index (χ4n) is 0.771. The van der Waals surface area contributed by atoms with Crippen LogP contribution in [0, 0.1) is 0 Å². The van der Waals surface area contributed by atoms with Gasteiger partial charge in [-0.1, -0.05) is 18.2 Å². The highest BCUT2D eigenvalue weighted by Crippen LogP contribution is 1.87. The van der Waals surface area contributed by atoms with E-state index in [0.717, 1.165) is 19.6 Å². The van der Waals surface area contributed by atoms with Crippen LogP contribution in [0.3, 0.4) is 0 Å². The molecule has 0 fully saturated rings. The lowest BCUT2D eigenvalue weighted by Gasteiger charge is -2.15. The smallest absolute Gasteiger partial charge is 0.0167 e. The van der Waals surface area contributed by atoms with Crippen molar-refractivity contribution in [2.24, 2.45) is 0 Å². The van der Waals surface area contributed by atoms with Crippen molar-refractivity contribution in [3.8, 4) is 0 Å². The van der Waals surface area contributed by atoms with E-state index in [1.165, 1.54) is 0 Å². The number of nitrogens with zero attached hydrogens (tertiary/aromatic N) is 1. The summed E-state index contributed by atoms with van der Waals surface area (Å²) in [6.07, 6.45) is 5.65. The molecule has 0 radical (unpaired) electrons. The molecule has 0 heterocycles. The van der Waals surface area contributed by atoms with Crippen molar-refractivity contribution in [2.45, 2.75) is 0 Å². The van der Waals surface area contributed by atoms with Crippen molar-refractivity contribution in [3.05, 3.63) is 38.0 Å². The molecule has 0 saturated carbocycles. The van der Waals surface area contributed by atoms with Crippen LogP contribution in [0.15, 0.2) is 38.0 Å². The van der Waals surface area contributed by atoms with E-state index in [4.69, 9.17) is 0 Å². The molecule has 0 saturated heterocycles. The Morgan fingerprint density at radius 1 is 0.800 bits per heavy atom. The predicted molar refractivity (Wildman–Crippen MR) is 47.0 cm³/mol. The monoisotopic (exact) mass is 143 g/mol. The molecule has 0 N–H and O–H groups in total. The van der Waals surface area contributed by atoms with Gasteiger partial charge >= 0.3 is 0 Å². The summed E-state index contributed by atoms with van der Waals surface area (Å²) < 4.78 is 0. The zero-order valence-electron chi connectivity index (χ0n) is 6.42. The fourth-order valence-corrected chi connectivity index (χ4v) is 0.771. The van der Waals surface area contributed by atoms with E-state index in [2.05, 4.69) is 24.6 Å². The Bertz CT molecular complexity index is 92.1. The molecule has 0 bridgehead atoms. The highest BCUT2D eigenvalue weighted by molar-refractivity contribution is 4.83. The van der Waals surface area contributed by atoms with Crippen molar-refractivity contribution < 1.29 is 0 Å².